The zero-order valence-electron chi connectivity index (χ0n) is 7.00. The van der Waals surface area contributed by atoms with Gasteiger partial charge in [-0.2, -0.15) is 5.10 Å². The highest BCUT2D eigenvalue weighted by molar-refractivity contribution is 6.34. The monoisotopic (exact) mass is 180 g/mol. The first kappa shape index (κ1) is 7.62. The summed E-state index contributed by atoms with van der Waals surface area (Å²) in [5.74, 6) is 0. The topological polar surface area (TPSA) is 17.8 Å². The van der Waals surface area contributed by atoms with Crippen LogP contribution in [0.2, 0.25) is 5.15 Å². The first-order valence-electron chi connectivity index (χ1n) is 3.77. The molecule has 0 unspecified atom stereocenters. The number of aryl methyl sites for hydroxylation is 2. The minimum absolute atomic E-state index is 0.703. The molecular formula is C9H9ClN2. The summed E-state index contributed by atoms with van der Waals surface area (Å²) in [4.78, 5) is 0. The largest absolute Gasteiger partial charge is 0.256 e. The van der Waals surface area contributed by atoms with Gasteiger partial charge < -0.3 is 0 Å². The lowest BCUT2D eigenvalue weighted by molar-refractivity contribution is 0.780. The van der Waals surface area contributed by atoms with E-state index in [0.717, 1.165) is 10.9 Å². The molecule has 0 saturated heterocycles. The van der Waals surface area contributed by atoms with Crippen LogP contribution >= 0.6 is 11.6 Å². The van der Waals surface area contributed by atoms with Crippen molar-refractivity contribution < 1.29 is 0 Å². The second-order valence-corrected chi connectivity index (χ2v) is 3.29. The van der Waals surface area contributed by atoms with Gasteiger partial charge in [0.2, 0.25) is 0 Å². The Morgan fingerprint density at radius 3 is 2.92 bits per heavy atom. The molecule has 62 valence electrons. The summed E-state index contributed by atoms with van der Waals surface area (Å²) in [6, 6.07) is 6.06. The van der Waals surface area contributed by atoms with E-state index < -0.39 is 0 Å². The molecular weight excluding hydrogens is 172 g/mol. The van der Waals surface area contributed by atoms with E-state index in [4.69, 9.17) is 11.6 Å². The van der Waals surface area contributed by atoms with Crippen molar-refractivity contribution in [2.45, 2.75) is 6.92 Å². The summed E-state index contributed by atoms with van der Waals surface area (Å²) in [5, 5.41) is 5.97. The van der Waals surface area contributed by atoms with Gasteiger partial charge in [-0.3, -0.25) is 4.68 Å². The molecule has 0 aliphatic carbocycles. The van der Waals surface area contributed by atoms with Gasteiger partial charge in [0.15, 0.2) is 0 Å². The average molecular weight is 181 g/mol. The predicted molar refractivity (Wildman–Crippen MR) is 50.5 cm³/mol. The van der Waals surface area contributed by atoms with Crippen molar-refractivity contribution in [3.05, 3.63) is 28.9 Å². The van der Waals surface area contributed by atoms with Crippen LogP contribution in [0.15, 0.2) is 18.2 Å². The van der Waals surface area contributed by atoms with E-state index in [9.17, 15) is 0 Å². The smallest absolute Gasteiger partial charge is 0.134 e. The number of hydrogen-bond acceptors (Lipinski definition) is 1. The Balaban J connectivity index is 2.88. The number of nitrogens with zero attached hydrogens (tertiary/aromatic N) is 2. The Kier molecular flexibility index (Phi) is 1.58. The molecule has 3 heteroatoms. The molecule has 12 heavy (non-hydrogen) atoms. The third-order valence-electron chi connectivity index (χ3n) is 1.92. The van der Waals surface area contributed by atoms with Gasteiger partial charge in [-0.25, -0.2) is 0 Å². The van der Waals surface area contributed by atoms with Crippen LogP contribution < -0.4 is 0 Å². The van der Waals surface area contributed by atoms with Gasteiger partial charge in [-0.05, 0) is 19.1 Å². The fraction of sp³-hybridized carbons (Fsp3) is 0.222. The Hall–Kier alpha value is -1.02. The molecule has 2 aromatic rings. The van der Waals surface area contributed by atoms with Gasteiger partial charge in [-0.1, -0.05) is 23.2 Å². The maximum Gasteiger partial charge on any atom is 0.134 e. The zero-order chi connectivity index (χ0) is 8.72. The van der Waals surface area contributed by atoms with Crippen molar-refractivity contribution in [3.8, 4) is 0 Å². The second-order valence-electron chi connectivity index (χ2n) is 2.94. The van der Waals surface area contributed by atoms with E-state index in [1.54, 1.807) is 4.68 Å². The molecule has 0 bridgehead atoms. The Morgan fingerprint density at radius 2 is 2.17 bits per heavy atom. The van der Waals surface area contributed by atoms with Crippen LogP contribution in [0.25, 0.3) is 10.9 Å². The SMILES string of the molecule is Cc1ccc2nn(C)c(Cl)c2c1. The summed E-state index contributed by atoms with van der Waals surface area (Å²) in [5.41, 5.74) is 2.16. The molecule has 0 aliphatic rings. The van der Waals surface area contributed by atoms with E-state index in [1.165, 1.54) is 5.56 Å². The zero-order valence-corrected chi connectivity index (χ0v) is 7.76. The molecule has 0 spiro atoms. The summed E-state index contributed by atoms with van der Waals surface area (Å²) in [6.07, 6.45) is 0. The summed E-state index contributed by atoms with van der Waals surface area (Å²) < 4.78 is 1.69. The van der Waals surface area contributed by atoms with Crippen LogP contribution in [0.5, 0.6) is 0 Å². The fourth-order valence-corrected chi connectivity index (χ4v) is 1.47. The average Bonchev–Trinajstić information content (AvgIpc) is 2.31. The van der Waals surface area contributed by atoms with Gasteiger partial charge in [0, 0.05) is 12.4 Å². The fourth-order valence-electron chi connectivity index (χ4n) is 1.28. The van der Waals surface area contributed by atoms with Gasteiger partial charge in [-0.15, -0.1) is 0 Å². The van der Waals surface area contributed by atoms with Gasteiger partial charge in [0.25, 0.3) is 0 Å². The molecule has 2 rings (SSSR count). The van der Waals surface area contributed by atoms with Crippen molar-refractivity contribution in [2.75, 3.05) is 0 Å². The van der Waals surface area contributed by atoms with Crippen LogP contribution in [0.3, 0.4) is 0 Å². The van der Waals surface area contributed by atoms with Crippen molar-refractivity contribution in [2.24, 2.45) is 7.05 Å². The van der Waals surface area contributed by atoms with Crippen LogP contribution in [0, 0.1) is 6.92 Å². The lowest BCUT2D eigenvalue weighted by Gasteiger charge is -1.91. The van der Waals surface area contributed by atoms with Crippen LogP contribution in [0.1, 0.15) is 5.56 Å². The number of aromatic nitrogens is 2. The standard InChI is InChI=1S/C9H9ClN2/c1-6-3-4-8-7(5-6)9(10)12(2)11-8/h3-5H,1-2H3. The second kappa shape index (κ2) is 2.49. The molecule has 0 amide bonds. The lowest BCUT2D eigenvalue weighted by atomic mass is 10.2. The first-order valence-corrected chi connectivity index (χ1v) is 4.15. The minimum Gasteiger partial charge on any atom is -0.256 e. The van der Waals surface area contributed by atoms with Crippen molar-refractivity contribution in [1.82, 2.24) is 9.78 Å². The highest BCUT2D eigenvalue weighted by atomic mass is 35.5. The lowest BCUT2D eigenvalue weighted by Crippen LogP contribution is -1.87. The highest BCUT2D eigenvalue weighted by Crippen LogP contribution is 2.22. The van der Waals surface area contributed by atoms with E-state index >= 15 is 0 Å². The molecule has 0 saturated carbocycles. The molecule has 0 N–H and O–H groups in total. The number of fused-ring (bicyclic) bond motifs is 1. The van der Waals surface area contributed by atoms with E-state index in [-0.39, 0.29) is 0 Å². The predicted octanol–water partition coefficient (Wildman–Crippen LogP) is 2.54. The third kappa shape index (κ3) is 0.994. The van der Waals surface area contributed by atoms with E-state index in [1.807, 2.05) is 32.2 Å². The maximum absolute atomic E-state index is 6.01. The summed E-state index contributed by atoms with van der Waals surface area (Å²) in [6.45, 7) is 2.04. The minimum atomic E-state index is 0.703. The van der Waals surface area contributed by atoms with Crippen molar-refractivity contribution in [1.29, 1.82) is 0 Å². The quantitative estimate of drug-likeness (QED) is 0.609. The first-order chi connectivity index (χ1) is 5.68. The van der Waals surface area contributed by atoms with Crippen molar-refractivity contribution >= 4 is 22.5 Å². The molecule has 0 aliphatic heterocycles. The molecule has 2 nitrogen and oxygen atoms in total. The maximum atomic E-state index is 6.01. The molecule has 0 radical (unpaired) electrons. The Morgan fingerprint density at radius 1 is 1.42 bits per heavy atom. The van der Waals surface area contributed by atoms with Crippen LogP contribution in [0.4, 0.5) is 0 Å². The van der Waals surface area contributed by atoms with E-state index in [0.29, 0.717) is 5.15 Å². The number of hydrogen-bond donors (Lipinski definition) is 0. The van der Waals surface area contributed by atoms with Crippen molar-refractivity contribution in [3.63, 3.8) is 0 Å². The highest BCUT2D eigenvalue weighted by Gasteiger charge is 2.04. The molecule has 0 atom stereocenters. The van der Waals surface area contributed by atoms with Gasteiger partial charge in [0.1, 0.15) is 5.15 Å². The molecule has 1 aromatic carbocycles. The molecule has 0 fully saturated rings. The Bertz CT molecular complexity index is 431. The molecule has 1 heterocycles. The van der Waals surface area contributed by atoms with Gasteiger partial charge in [0.05, 0.1) is 5.52 Å². The van der Waals surface area contributed by atoms with Crippen LogP contribution in [-0.4, -0.2) is 9.78 Å². The summed E-state index contributed by atoms with van der Waals surface area (Å²) >= 11 is 6.01. The number of halogens is 1. The normalized spacial score (nSPS) is 10.9. The third-order valence-corrected chi connectivity index (χ3v) is 2.36. The summed E-state index contributed by atoms with van der Waals surface area (Å²) in [7, 11) is 1.84. The Labute approximate surface area is 75.8 Å². The number of benzene rings is 1. The van der Waals surface area contributed by atoms with Gasteiger partial charge >= 0.3 is 0 Å². The number of rotatable bonds is 0. The molecule has 1 aromatic heterocycles. The van der Waals surface area contributed by atoms with E-state index in [2.05, 4.69) is 5.10 Å². The van der Waals surface area contributed by atoms with Crippen LogP contribution in [-0.2, 0) is 7.05 Å².